The van der Waals surface area contributed by atoms with Gasteiger partial charge < -0.3 is 14.8 Å². The topological polar surface area (TPSA) is 88.2 Å². The van der Waals surface area contributed by atoms with Crippen molar-refractivity contribution in [2.24, 2.45) is 0 Å². The van der Waals surface area contributed by atoms with E-state index in [1.807, 2.05) is 31.2 Å². The van der Waals surface area contributed by atoms with Crippen molar-refractivity contribution in [3.05, 3.63) is 54.0 Å². The lowest BCUT2D eigenvalue weighted by Gasteiger charge is -2.10. The lowest BCUT2D eigenvalue weighted by Crippen LogP contribution is -2.32. The summed E-state index contributed by atoms with van der Waals surface area (Å²) in [4.78, 5) is 21.0. The third-order valence-electron chi connectivity index (χ3n) is 3.91. The molecular formula is C19H21N3O3S. The normalized spacial score (nSPS) is 12.2. The molecule has 6 nitrogen and oxygen atoms in total. The zero-order chi connectivity index (χ0) is 18.4. The fraction of sp³-hybridized carbons (Fsp3) is 0.316. The van der Waals surface area contributed by atoms with Crippen molar-refractivity contribution in [1.82, 2.24) is 15.3 Å². The van der Waals surface area contributed by atoms with Crippen LogP contribution in [-0.4, -0.2) is 33.6 Å². The SMILES string of the molecule is CCC[C@H](O)CNC(=O)c1oc2ccccc2c1CSc1ncccn1. The van der Waals surface area contributed by atoms with Gasteiger partial charge in [0.2, 0.25) is 0 Å². The van der Waals surface area contributed by atoms with E-state index in [0.717, 1.165) is 17.4 Å². The minimum absolute atomic E-state index is 0.206. The van der Waals surface area contributed by atoms with Crippen LogP contribution < -0.4 is 5.32 Å². The number of fused-ring (bicyclic) bond motifs is 1. The largest absolute Gasteiger partial charge is 0.451 e. The number of aromatic nitrogens is 2. The molecule has 1 atom stereocenters. The van der Waals surface area contributed by atoms with Crippen molar-refractivity contribution >= 4 is 28.6 Å². The fourth-order valence-corrected chi connectivity index (χ4v) is 3.48. The van der Waals surface area contributed by atoms with Crippen molar-refractivity contribution in [2.45, 2.75) is 36.8 Å². The Bertz CT molecular complexity index is 867. The number of thioether (sulfide) groups is 1. The minimum atomic E-state index is -0.552. The van der Waals surface area contributed by atoms with Gasteiger partial charge in [-0.15, -0.1) is 0 Å². The van der Waals surface area contributed by atoms with Crippen LogP contribution in [0.15, 0.2) is 52.3 Å². The predicted octanol–water partition coefficient (Wildman–Crippen LogP) is 3.41. The molecule has 0 saturated carbocycles. The summed E-state index contributed by atoms with van der Waals surface area (Å²) in [5.74, 6) is 0.473. The molecule has 26 heavy (non-hydrogen) atoms. The lowest BCUT2D eigenvalue weighted by atomic mass is 10.1. The molecule has 0 aliphatic carbocycles. The Morgan fingerprint density at radius 1 is 1.27 bits per heavy atom. The Morgan fingerprint density at radius 3 is 2.81 bits per heavy atom. The molecule has 3 aromatic rings. The van der Waals surface area contributed by atoms with E-state index < -0.39 is 6.10 Å². The van der Waals surface area contributed by atoms with Gasteiger partial charge in [0.15, 0.2) is 10.9 Å². The van der Waals surface area contributed by atoms with E-state index in [1.54, 1.807) is 18.5 Å². The van der Waals surface area contributed by atoms with Crippen molar-refractivity contribution in [1.29, 1.82) is 0 Å². The first-order valence-electron chi connectivity index (χ1n) is 8.55. The first kappa shape index (κ1) is 18.4. The molecule has 0 saturated heterocycles. The number of amides is 1. The zero-order valence-corrected chi connectivity index (χ0v) is 15.3. The van der Waals surface area contributed by atoms with Crippen LogP contribution in [0.4, 0.5) is 0 Å². The van der Waals surface area contributed by atoms with E-state index in [0.29, 0.717) is 22.9 Å². The first-order valence-corrected chi connectivity index (χ1v) is 9.54. The van der Waals surface area contributed by atoms with Crippen LogP contribution in [0.2, 0.25) is 0 Å². The third kappa shape index (κ3) is 4.42. The number of aliphatic hydroxyl groups is 1. The first-order chi connectivity index (χ1) is 12.7. The smallest absolute Gasteiger partial charge is 0.287 e. The van der Waals surface area contributed by atoms with Crippen molar-refractivity contribution in [3.63, 3.8) is 0 Å². The minimum Gasteiger partial charge on any atom is -0.451 e. The van der Waals surface area contributed by atoms with E-state index in [2.05, 4.69) is 15.3 Å². The zero-order valence-electron chi connectivity index (χ0n) is 14.5. The molecule has 0 bridgehead atoms. The molecule has 136 valence electrons. The average molecular weight is 371 g/mol. The van der Waals surface area contributed by atoms with Gasteiger partial charge in [0, 0.05) is 35.6 Å². The molecule has 1 amide bonds. The Balaban J connectivity index is 1.81. The highest BCUT2D eigenvalue weighted by molar-refractivity contribution is 7.98. The summed E-state index contributed by atoms with van der Waals surface area (Å²) in [5.41, 5.74) is 1.47. The third-order valence-corrected chi connectivity index (χ3v) is 4.81. The maximum absolute atomic E-state index is 12.6. The van der Waals surface area contributed by atoms with Gasteiger partial charge in [-0.05, 0) is 18.6 Å². The van der Waals surface area contributed by atoms with Crippen molar-refractivity contribution in [2.75, 3.05) is 6.54 Å². The number of carbonyl (C=O) groups is 1. The molecule has 2 N–H and O–H groups in total. The lowest BCUT2D eigenvalue weighted by molar-refractivity contribution is 0.0884. The molecule has 7 heteroatoms. The highest BCUT2D eigenvalue weighted by Gasteiger charge is 2.21. The molecule has 0 aliphatic heterocycles. The number of para-hydroxylation sites is 1. The van der Waals surface area contributed by atoms with E-state index in [-0.39, 0.29) is 18.2 Å². The number of nitrogens with one attached hydrogen (secondary N) is 1. The summed E-state index contributed by atoms with van der Waals surface area (Å²) in [5, 5.41) is 14.1. The Hall–Kier alpha value is -2.38. The number of aliphatic hydroxyl groups excluding tert-OH is 1. The van der Waals surface area contributed by atoms with E-state index in [4.69, 9.17) is 4.42 Å². The number of nitrogens with zero attached hydrogens (tertiary/aromatic N) is 2. The standard InChI is InChI=1S/C19H21N3O3S/c1-2-6-13(23)11-22-18(24)17-15(12-26-19-20-9-5-10-21-19)14-7-3-4-8-16(14)25-17/h3-5,7-10,13,23H,2,6,11-12H2,1H3,(H,22,24)/t13-/m0/s1. The average Bonchev–Trinajstić information content (AvgIpc) is 3.04. The Morgan fingerprint density at radius 2 is 2.04 bits per heavy atom. The Labute approximate surface area is 156 Å². The van der Waals surface area contributed by atoms with Gasteiger partial charge in [-0.25, -0.2) is 9.97 Å². The summed E-state index contributed by atoms with van der Waals surface area (Å²) < 4.78 is 5.79. The summed E-state index contributed by atoms with van der Waals surface area (Å²) in [7, 11) is 0. The van der Waals surface area contributed by atoms with Crippen LogP contribution in [-0.2, 0) is 5.75 Å². The number of benzene rings is 1. The fourth-order valence-electron chi connectivity index (χ4n) is 2.65. The van der Waals surface area contributed by atoms with Crippen molar-refractivity contribution < 1.29 is 14.3 Å². The number of hydrogen-bond donors (Lipinski definition) is 2. The molecule has 1 aromatic carbocycles. The number of carbonyl (C=O) groups excluding carboxylic acids is 1. The number of rotatable bonds is 8. The summed E-state index contributed by atoms with van der Waals surface area (Å²) in [6, 6.07) is 9.32. The van der Waals surface area contributed by atoms with E-state index in [9.17, 15) is 9.90 Å². The molecule has 3 rings (SSSR count). The van der Waals surface area contributed by atoms with Gasteiger partial charge >= 0.3 is 0 Å². The highest BCUT2D eigenvalue weighted by atomic mass is 32.2. The maximum atomic E-state index is 12.6. The van der Waals surface area contributed by atoms with Crippen LogP contribution in [0.25, 0.3) is 11.0 Å². The maximum Gasteiger partial charge on any atom is 0.287 e. The number of hydrogen-bond acceptors (Lipinski definition) is 6. The van der Waals surface area contributed by atoms with E-state index in [1.165, 1.54) is 11.8 Å². The van der Waals surface area contributed by atoms with Gasteiger partial charge in [-0.1, -0.05) is 43.3 Å². The second-order valence-corrected chi connectivity index (χ2v) is 6.82. The molecule has 0 fully saturated rings. The molecular weight excluding hydrogens is 350 g/mol. The van der Waals surface area contributed by atoms with Crippen molar-refractivity contribution in [3.8, 4) is 0 Å². The summed E-state index contributed by atoms with van der Waals surface area (Å²) in [6.45, 7) is 2.20. The number of furan rings is 1. The second kappa shape index (κ2) is 8.82. The van der Waals surface area contributed by atoms with Crippen LogP contribution in [0.1, 0.15) is 35.9 Å². The molecule has 0 spiro atoms. The quantitative estimate of drug-likeness (QED) is 0.466. The predicted molar refractivity (Wildman–Crippen MR) is 101 cm³/mol. The van der Waals surface area contributed by atoms with Crippen LogP contribution in [0, 0.1) is 0 Å². The monoisotopic (exact) mass is 371 g/mol. The molecule has 2 aromatic heterocycles. The van der Waals surface area contributed by atoms with Crippen LogP contribution in [0.3, 0.4) is 0 Å². The highest BCUT2D eigenvalue weighted by Crippen LogP contribution is 2.30. The van der Waals surface area contributed by atoms with Gasteiger partial charge in [0.05, 0.1) is 6.10 Å². The van der Waals surface area contributed by atoms with Gasteiger partial charge in [-0.2, -0.15) is 0 Å². The van der Waals surface area contributed by atoms with Gasteiger partial charge in [0.1, 0.15) is 5.58 Å². The van der Waals surface area contributed by atoms with Crippen LogP contribution >= 0.6 is 11.8 Å². The Kier molecular flexibility index (Phi) is 6.25. The second-order valence-electron chi connectivity index (χ2n) is 5.88. The molecule has 0 aliphatic rings. The van der Waals surface area contributed by atoms with Gasteiger partial charge in [-0.3, -0.25) is 4.79 Å². The summed E-state index contributed by atoms with van der Waals surface area (Å²) >= 11 is 1.45. The molecule has 0 unspecified atom stereocenters. The van der Waals surface area contributed by atoms with Crippen LogP contribution in [0.5, 0.6) is 0 Å². The molecule has 2 heterocycles. The summed E-state index contributed by atoms with van der Waals surface area (Å²) in [6.07, 6.45) is 4.33. The van der Waals surface area contributed by atoms with E-state index >= 15 is 0 Å². The molecule has 0 radical (unpaired) electrons. The van der Waals surface area contributed by atoms with Gasteiger partial charge in [0.25, 0.3) is 5.91 Å².